The molecule has 2 aliphatic carbocycles. The zero-order valence-electron chi connectivity index (χ0n) is 36.2. The Labute approximate surface area is 368 Å². The van der Waals surface area contributed by atoms with Crippen LogP contribution in [0.2, 0.25) is 0 Å². The van der Waals surface area contributed by atoms with E-state index < -0.39 is 0 Å². The highest BCUT2D eigenvalue weighted by Crippen LogP contribution is 2.44. The topological polar surface area (TPSA) is 13.0 Å². The highest BCUT2D eigenvalue weighted by atomic mass is 15.2. The van der Waals surface area contributed by atoms with Crippen LogP contribution in [0.3, 0.4) is 0 Å². The molecule has 0 spiro atoms. The Kier molecular flexibility index (Phi) is 11.7. The quantitative estimate of drug-likeness (QED) is 0.122. The summed E-state index contributed by atoms with van der Waals surface area (Å²) in [5.74, 6) is 0.208. The maximum atomic E-state index is 2.46. The minimum Gasteiger partial charge on any atom is -0.314 e. The van der Waals surface area contributed by atoms with E-state index in [1.807, 2.05) is 0 Å². The number of benzene rings is 7. The van der Waals surface area contributed by atoms with Gasteiger partial charge in [0.15, 0.2) is 0 Å². The van der Waals surface area contributed by atoms with Crippen LogP contribution in [0.4, 0.5) is 51.2 Å². The van der Waals surface area contributed by atoms with Crippen LogP contribution in [-0.2, 0) is 0 Å². The van der Waals surface area contributed by atoms with E-state index in [0.717, 1.165) is 64.8 Å². The van der Waals surface area contributed by atoms with Gasteiger partial charge in [-0.1, -0.05) is 97.4 Å². The van der Waals surface area contributed by atoms with E-state index in [2.05, 4.69) is 260 Å². The molecule has 0 fully saturated rings. The van der Waals surface area contributed by atoms with Crippen molar-refractivity contribution in [2.75, 3.05) is 19.6 Å². The number of para-hydroxylation sites is 3. The van der Waals surface area contributed by atoms with Gasteiger partial charge in [0.1, 0.15) is 0 Å². The van der Waals surface area contributed by atoms with Crippen LogP contribution in [0.15, 0.2) is 235 Å². The molecule has 7 aromatic rings. The number of hydrogen-bond acceptors (Lipinski definition) is 4. The summed E-state index contributed by atoms with van der Waals surface area (Å²) >= 11 is 0. The lowest BCUT2D eigenvalue weighted by atomic mass is 9.93. The Hall–Kier alpha value is -7.30. The first kappa shape index (κ1) is 40.1. The predicted molar refractivity (Wildman–Crippen MR) is 264 cm³/mol. The van der Waals surface area contributed by atoms with Gasteiger partial charge >= 0.3 is 0 Å². The summed E-state index contributed by atoms with van der Waals surface area (Å²) < 4.78 is 0. The van der Waals surface area contributed by atoms with Crippen molar-refractivity contribution in [3.8, 4) is 0 Å². The molecule has 4 nitrogen and oxygen atoms in total. The molecular weight excluding hydrogens is 753 g/mol. The van der Waals surface area contributed by atoms with Gasteiger partial charge in [-0.05, 0) is 179 Å². The predicted octanol–water partition coefficient (Wildman–Crippen LogP) is 16.3. The molecule has 0 aliphatic heterocycles. The van der Waals surface area contributed by atoms with E-state index in [9.17, 15) is 0 Å². The number of anilines is 9. The highest BCUT2D eigenvalue weighted by molar-refractivity contribution is 5.80. The first-order valence-corrected chi connectivity index (χ1v) is 21.9. The number of allylic oxidation sites excluding steroid dienone is 7. The van der Waals surface area contributed by atoms with Crippen LogP contribution in [0, 0.1) is 19.8 Å². The Morgan fingerprint density at radius 3 is 1.31 bits per heavy atom. The second-order valence-electron chi connectivity index (χ2n) is 16.6. The second-order valence-corrected chi connectivity index (χ2v) is 16.6. The lowest BCUT2D eigenvalue weighted by molar-refractivity contribution is 0.640. The molecule has 0 heterocycles. The lowest BCUT2D eigenvalue weighted by Crippen LogP contribution is -2.27. The smallest absolute Gasteiger partial charge is 0.0464 e. The Morgan fingerprint density at radius 2 is 0.823 bits per heavy atom. The largest absolute Gasteiger partial charge is 0.314 e. The summed E-state index contributed by atoms with van der Waals surface area (Å²) in [6, 6.07) is 67.9. The van der Waals surface area contributed by atoms with Crippen molar-refractivity contribution in [1.29, 1.82) is 0 Å². The fourth-order valence-electron chi connectivity index (χ4n) is 8.87. The van der Waals surface area contributed by atoms with Crippen molar-refractivity contribution in [1.82, 2.24) is 0 Å². The maximum Gasteiger partial charge on any atom is 0.0464 e. The number of rotatable bonds is 12. The molecule has 0 bridgehead atoms. The van der Waals surface area contributed by atoms with Gasteiger partial charge < -0.3 is 19.6 Å². The van der Waals surface area contributed by atoms with Gasteiger partial charge in [-0.25, -0.2) is 0 Å². The van der Waals surface area contributed by atoms with Crippen molar-refractivity contribution in [2.45, 2.75) is 47.0 Å². The third-order valence-corrected chi connectivity index (χ3v) is 11.9. The average molecular weight is 807 g/mol. The number of nitrogens with zero attached hydrogens (tertiary/aromatic N) is 4. The first-order valence-electron chi connectivity index (χ1n) is 21.9. The first-order chi connectivity index (χ1) is 30.4. The monoisotopic (exact) mass is 806 g/mol. The van der Waals surface area contributed by atoms with Gasteiger partial charge in [0.25, 0.3) is 0 Å². The standard InChI is InChI=1S/C58H54N4/c1-43-17-14-26-54(39-43)59(47-20-8-5-9-21-47)50-29-33-52(34-30-50)62(53-35-31-51(32-36-53)60(48-22-10-6-11-23-48)55-27-15-18-44(2)40-55)58-38-37-57(42-46(58)4)61(49-24-12-7-13-25-49)56-28-16-19-45(3)41-56/h5-14,16-17,19-41,46H,15,18,42H2,1-4H3. The van der Waals surface area contributed by atoms with Gasteiger partial charge in [-0.2, -0.15) is 0 Å². The number of aryl methyl sites for hydroxylation is 2. The molecule has 0 saturated carbocycles. The highest BCUT2D eigenvalue weighted by Gasteiger charge is 2.27. The summed E-state index contributed by atoms with van der Waals surface area (Å²) in [5.41, 5.74) is 17.8. The van der Waals surface area contributed by atoms with Crippen LogP contribution in [0.5, 0.6) is 0 Å². The Bertz CT molecular complexity index is 2750. The molecule has 306 valence electrons. The number of hydrogen-bond donors (Lipinski definition) is 0. The molecule has 2 aliphatic rings. The van der Waals surface area contributed by atoms with E-state index in [4.69, 9.17) is 0 Å². The minimum absolute atomic E-state index is 0.208. The van der Waals surface area contributed by atoms with Crippen LogP contribution < -0.4 is 19.6 Å². The van der Waals surface area contributed by atoms with Crippen LogP contribution in [0.25, 0.3) is 0 Å². The molecular formula is C58H54N4. The van der Waals surface area contributed by atoms with Crippen molar-refractivity contribution >= 4 is 51.2 Å². The summed E-state index contributed by atoms with van der Waals surface area (Å²) in [6.45, 7) is 8.92. The lowest BCUT2D eigenvalue weighted by Gasteiger charge is -2.37. The Morgan fingerprint density at radius 1 is 0.403 bits per heavy atom. The molecule has 0 amide bonds. The van der Waals surface area contributed by atoms with Crippen molar-refractivity contribution in [2.24, 2.45) is 5.92 Å². The second kappa shape index (κ2) is 18.1. The zero-order chi connectivity index (χ0) is 42.4. The molecule has 0 aromatic heterocycles. The van der Waals surface area contributed by atoms with Crippen LogP contribution in [0.1, 0.15) is 44.2 Å². The summed E-state index contributed by atoms with van der Waals surface area (Å²) in [5, 5.41) is 0. The fraction of sp³-hybridized carbons (Fsp3) is 0.138. The van der Waals surface area contributed by atoms with Gasteiger partial charge in [0.05, 0.1) is 0 Å². The van der Waals surface area contributed by atoms with Crippen molar-refractivity contribution in [3.05, 3.63) is 246 Å². The van der Waals surface area contributed by atoms with Crippen LogP contribution >= 0.6 is 0 Å². The third-order valence-electron chi connectivity index (χ3n) is 11.9. The van der Waals surface area contributed by atoms with Gasteiger partial charge in [0.2, 0.25) is 0 Å². The van der Waals surface area contributed by atoms with E-state index in [-0.39, 0.29) is 5.92 Å². The van der Waals surface area contributed by atoms with Crippen LogP contribution in [-0.4, -0.2) is 0 Å². The third kappa shape index (κ3) is 8.64. The molecule has 1 unspecified atom stereocenters. The fourth-order valence-corrected chi connectivity index (χ4v) is 8.87. The molecule has 0 radical (unpaired) electrons. The van der Waals surface area contributed by atoms with E-state index >= 15 is 0 Å². The zero-order valence-corrected chi connectivity index (χ0v) is 36.2. The van der Waals surface area contributed by atoms with Crippen molar-refractivity contribution < 1.29 is 0 Å². The summed E-state index contributed by atoms with van der Waals surface area (Å²) in [7, 11) is 0. The van der Waals surface area contributed by atoms with Gasteiger partial charge in [-0.15, -0.1) is 0 Å². The van der Waals surface area contributed by atoms with E-state index in [0.29, 0.717) is 0 Å². The maximum absolute atomic E-state index is 2.46. The molecule has 62 heavy (non-hydrogen) atoms. The normalized spacial score (nSPS) is 14.8. The van der Waals surface area contributed by atoms with Crippen molar-refractivity contribution in [3.63, 3.8) is 0 Å². The van der Waals surface area contributed by atoms with E-state index in [1.54, 1.807) is 0 Å². The molecule has 1 atom stereocenters. The van der Waals surface area contributed by atoms with Gasteiger partial charge in [0, 0.05) is 74.2 Å². The molecule has 0 saturated heterocycles. The minimum atomic E-state index is 0.208. The molecule has 9 rings (SSSR count). The molecule has 7 aromatic carbocycles. The van der Waals surface area contributed by atoms with Gasteiger partial charge in [-0.3, -0.25) is 0 Å². The molecule has 0 N–H and O–H groups in total. The Balaban J connectivity index is 1.15. The van der Waals surface area contributed by atoms with E-state index in [1.165, 1.54) is 39.5 Å². The summed E-state index contributed by atoms with van der Waals surface area (Å²) in [6.07, 6.45) is 12.4. The SMILES string of the molecule is CC1=CC(N(c2ccccc2)c2ccc(N(C3=CC=C(N(c4ccccc4)c4cccc(C)c4)CC3C)c3ccc(N(c4ccccc4)c4cccc(C)c4)cc3)cc2)=CCC1. The molecule has 4 heteroatoms. The summed E-state index contributed by atoms with van der Waals surface area (Å²) in [4.78, 5) is 9.60. The average Bonchev–Trinajstić information content (AvgIpc) is 3.30.